The van der Waals surface area contributed by atoms with E-state index in [2.05, 4.69) is 55.2 Å². The smallest absolute Gasteiger partial charge is 0.0361 e. The second-order valence-electron chi connectivity index (χ2n) is 5.06. The van der Waals surface area contributed by atoms with Crippen LogP contribution in [0.1, 0.15) is 24.3 Å². The summed E-state index contributed by atoms with van der Waals surface area (Å²) in [5.41, 5.74) is 2.80. The number of benzene rings is 1. The molecule has 88 valence electrons. The Hall–Kier alpha value is -1.02. The summed E-state index contributed by atoms with van der Waals surface area (Å²) in [6, 6.07) is 9.05. The van der Waals surface area contributed by atoms with E-state index in [-0.39, 0.29) is 0 Å². The van der Waals surface area contributed by atoms with E-state index in [9.17, 15) is 0 Å². The average molecular weight is 218 g/mol. The van der Waals surface area contributed by atoms with Crippen molar-refractivity contribution in [3.8, 4) is 0 Å². The van der Waals surface area contributed by atoms with E-state index >= 15 is 0 Å². The Kier molecular flexibility index (Phi) is 3.49. The number of rotatable bonds is 2. The van der Waals surface area contributed by atoms with Gasteiger partial charge in [-0.3, -0.25) is 0 Å². The molecule has 0 atom stereocenters. The summed E-state index contributed by atoms with van der Waals surface area (Å²) < 4.78 is 0. The third-order valence-corrected chi connectivity index (χ3v) is 3.60. The summed E-state index contributed by atoms with van der Waals surface area (Å²) in [7, 11) is 6.39. The molecule has 0 N–H and O–H groups in total. The Balaban J connectivity index is 2.04. The molecule has 1 saturated heterocycles. The molecule has 1 aromatic rings. The predicted octanol–water partition coefficient (Wildman–Crippen LogP) is 2.56. The van der Waals surface area contributed by atoms with Crippen LogP contribution in [0.25, 0.3) is 0 Å². The number of likely N-dealkylation sites (tertiary alicyclic amines) is 1. The summed E-state index contributed by atoms with van der Waals surface area (Å²) >= 11 is 0. The van der Waals surface area contributed by atoms with Gasteiger partial charge in [-0.1, -0.05) is 12.1 Å². The van der Waals surface area contributed by atoms with Crippen molar-refractivity contribution in [2.75, 3.05) is 39.1 Å². The average Bonchev–Trinajstić information content (AvgIpc) is 2.30. The van der Waals surface area contributed by atoms with Crippen molar-refractivity contribution in [2.24, 2.45) is 0 Å². The number of piperidine rings is 1. The van der Waals surface area contributed by atoms with E-state index < -0.39 is 0 Å². The molecule has 2 nitrogen and oxygen atoms in total. The SMILES string of the molecule is CN1CCC(c2ccc(N(C)C)cc2)CC1. The lowest BCUT2D eigenvalue weighted by Crippen LogP contribution is -2.29. The van der Waals surface area contributed by atoms with Crippen molar-refractivity contribution in [1.29, 1.82) is 0 Å². The minimum atomic E-state index is 0.771. The Bertz CT molecular complexity index is 321. The minimum absolute atomic E-state index is 0.771. The Labute approximate surface area is 98.9 Å². The molecular weight excluding hydrogens is 196 g/mol. The first kappa shape index (κ1) is 11.5. The van der Waals surface area contributed by atoms with Gasteiger partial charge in [0.05, 0.1) is 0 Å². The van der Waals surface area contributed by atoms with Crippen molar-refractivity contribution in [2.45, 2.75) is 18.8 Å². The molecule has 1 heterocycles. The van der Waals surface area contributed by atoms with Crippen molar-refractivity contribution in [1.82, 2.24) is 4.90 Å². The van der Waals surface area contributed by atoms with Gasteiger partial charge in [0.2, 0.25) is 0 Å². The molecule has 0 spiro atoms. The molecule has 0 unspecified atom stereocenters. The highest BCUT2D eigenvalue weighted by molar-refractivity contribution is 5.46. The normalized spacial score (nSPS) is 18.7. The van der Waals surface area contributed by atoms with Crippen LogP contribution >= 0.6 is 0 Å². The maximum absolute atomic E-state index is 2.42. The number of nitrogens with zero attached hydrogens (tertiary/aromatic N) is 2. The van der Waals surface area contributed by atoms with E-state index in [1.165, 1.54) is 37.2 Å². The lowest BCUT2D eigenvalue weighted by atomic mass is 9.89. The summed E-state index contributed by atoms with van der Waals surface area (Å²) in [6.45, 7) is 2.47. The van der Waals surface area contributed by atoms with Crippen LogP contribution in [0.4, 0.5) is 5.69 Å². The van der Waals surface area contributed by atoms with E-state index in [1.54, 1.807) is 0 Å². The first-order chi connectivity index (χ1) is 7.66. The Morgan fingerprint density at radius 2 is 1.62 bits per heavy atom. The zero-order chi connectivity index (χ0) is 11.5. The first-order valence-corrected chi connectivity index (χ1v) is 6.12. The molecule has 1 fully saturated rings. The maximum Gasteiger partial charge on any atom is 0.0361 e. The largest absolute Gasteiger partial charge is 0.378 e. The van der Waals surface area contributed by atoms with Gasteiger partial charge in [0.25, 0.3) is 0 Å². The topological polar surface area (TPSA) is 6.48 Å². The van der Waals surface area contributed by atoms with Crippen molar-refractivity contribution in [3.63, 3.8) is 0 Å². The van der Waals surface area contributed by atoms with E-state index in [0.717, 1.165) is 5.92 Å². The monoisotopic (exact) mass is 218 g/mol. The third kappa shape index (κ3) is 2.56. The molecule has 0 aliphatic carbocycles. The van der Waals surface area contributed by atoms with Gasteiger partial charge in [0.15, 0.2) is 0 Å². The van der Waals surface area contributed by atoms with Gasteiger partial charge >= 0.3 is 0 Å². The molecule has 0 bridgehead atoms. The van der Waals surface area contributed by atoms with E-state index in [4.69, 9.17) is 0 Å². The van der Waals surface area contributed by atoms with Gasteiger partial charge in [0, 0.05) is 19.8 Å². The van der Waals surface area contributed by atoms with Gasteiger partial charge < -0.3 is 9.80 Å². The lowest BCUT2D eigenvalue weighted by Gasteiger charge is -2.29. The highest BCUT2D eigenvalue weighted by Gasteiger charge is 2.17. The highest BCUT2D eigenvalue weighted by Crippen LogP contribution is 2.28. The molecule has 1 aliphatic rings. The first-order valence-electron chi connectivity index (χ1n) is 6.12. The van der Waals surface area contributed by atoms with Crippen LogP contribution in [0.5, 0.6) is 0 Å². The molecule has 1 aliphatic heterocycles. The standard InChI is InChI=1S/C14H22N2/c1-15(2)14-6-4-12(5-7-14)13-8-10-16(3)11-9-13/h4-7,13H,8-11H2,1-3H3. The molecule has 2 rings (SSSR count). The van der Waals surface area contributed by atoms with E-state index in [1.807, 2.05) is 0 Å². The molecule has 2 heteroatoms. The number of hydrogen-bond acceptors (Lipinski definition) is 2. The minimum Gasteiger partial charge on any atom is -0.378 e. The van der Waals surface area contributed by atoms with Crippen LogP contribution in [-0.2, 0) is 0 Å². The van der Waals surface area contributed by atoms with E-state index in [0.29, 0.717) is 0 Å². The Morgan fingerprint density at radius 3 is 2.12 bits per heavy atom. The van der Waals surface area contributed by atoms with Crippen LogP contribution in [0.3, 0.4) is 0 Å². The van der Waals surface area contributed by atoms with Gasteiger partial charge in [-0.2, -0.15) is 0 Å². The molecule has 0 aromatic heterocycles. The lowest BCUT2D eigenvalue weighted by molar-refractivity contribution is 0.255. The maximum atomic E-state index is 2.42. The second-order valence-corrected chi connectivity index (χ2v) is 5.06. The van der Waals surface area contributed by atoms with Crippen LogP contribution < -0.4 is 4.90 Å². The second kappa shape index (κ2) is 4.88. The zero-order valence-corrected chi connectivity index (χ0v) is 10.6. The zero-order valence-electron chi connectivity index (χ0n) is 10.6. The van der Waals surface area contributed by atoms with Gasteiger partial charge in [-0.15, -0.1) is 0 Å². The summed E-state index contributed by atoms with van der Waals surface area (Å²) in [4.78, 5) is 4.57. The van der Waals surface area contributed by atoms with Crippen LogP contribution in [0, 0.1) is 0 Å². The fourth-order valence-electron chi connectivity index (χ4n) is 2.39. The van der Waals surface area contributed by atoms with Crippen molar-refractivity contribution >= 4 is 5.69 Å². The third-order valence-electron chi connectivity index (χ3n) is 3.60. The summed E-state index contributed by atoms with van der Waals surface area (Å²) in [6.07, 6.45) is 2.61. The van der Waals surface area contributed by atoms with Crippen molar-refractivity contribution < 1.29 is 0 Å². The van der Waals surface area contributed by atoms with Gasteiger partial charge in [-0.25, -0.2) is 0 Å². The summed E-state index contributed by atoms with van der Waals surface area (Å²) in [5, 5.41) is 0. The molecule has 1 aromatic carbocycles. The molecule has 0 amide bonds. The van der Waals surface area contributed by atoms with Gasteiger partial charge in [-0.05, 0) is 56.6 Å². The quantitative estimate of drug-likeness (QED) is 0.753. The highest BCUT2D eigenvalue weighted by atomic mass is 15.1. The molecule has 0 saturated carbocycles. The molecule has 0 radical (unpaired) electrons. The molecule has 16 heavy (non-hydrogen) atoms. The van der Waals surface area contributed by atoms with Crippen LogP contribution in [0.15, 0.2) is 24.3 Å². The summed E-state index contributed by atoms with van der Waals surface area (Å²) in [5.74, 6) is 0.771. The fraction of sp³-hybridized carbons (Fsp3) is 0.571. The predicted molar refractivity (Wildman–Crippen MR) is 70.2 cm³/mol. The van der Waals surface area contributed by atoms with Gasteiger partial charge in [0.1, 0.15) is 0 Å². The van der Waals surface area contributed by atoms with Crippen molar-refractivity contribution in [3.05, 3.63) is 29.8 Å². The number of anilines is 1. The number of hydrogen-bond donors (Lipinski definition) is 0. The molecular formula is C14H22N2. The van der Waals surface area contributed by atoms with Crippen LogP contribution in [-0.4, -0.2) is 39.1 Å². The fourth-order valence-corrected chi connectivity index (χ4v) is 2.39. The Morgan fingerprint density at radius 1 is 1.06 bits per heavy atom. The van der Waals surface area contributed by atoms with Crippen LogP contribution in [0.2, 0.25) is 0 Å².